The summed E-state index contributed by atoms with van der Waals surface area (Å²) in [5.74, 6) is -0.0252. The second-order valence-electron chi connectivity index (χ2n) is 5.55. The molecule has 23 heavy (non-hydrogen) atoms. The minimum Gasteiger partial charge on any atom is -0.480 e. The van der Waals surface area contributed by atoms with Crippen LogP contribution >= 0.6 is 15.9 Å². The van der Waals surface area contributed by atoms with E-state index < -0.39 is 0 Å². The van der Waals surface area contributed by atoms with Crippen LogP contribution in [0.15, 0.2) is 27.5 Å². The summed E-state index contributed by atoms with van der Waals surface area (Å²) in [5.41, 5.74) is -0.350. The molecule has 8 heteroatoms. The fourth-order valence-electron chi connectivity index (χ4n) is 2.60. The van der Waals surface area contributed by atoms with Gasteiger partial charge in [0.15, 0.2) is 0 Å². The van der Waals surface area contributed by atoms with Gasteiger partial charge >= 0.3 is 0 Å². The molecular formula is C15H16BrN3O4. The normalized spacial score (nSPS) is 20.1. The van der Waals surface area contributed by atoms with E-state index >= 15 is 0 Å². The molecule has 1 heterocycles. The number of fused-ring (bicyclic) bond motifs is 1. The molecule has 1 fully saturated rings. The van der Waals surface area contributed by atoms with E-state index in [-0.39, 0.29) is 36.0 Å². The van der Waals surface area contributed by atoms with Crippen molar-refractivity contribution in [2.24, 2.45) is 0 Å². The molecule has 0 unspecified atom stereocenters. The Morgan fingerprint density at radius 3 is 2.87 bits per heavy atom. The van der Waals surface area contributed by atoms with Crippen LogP contribution in [0.5, 0.6) is 5.88 Å². The molecule has 1 aliphatic rings. The molecule has 1 saturated carbocycles. The average Bonchev–Trinajstić information content (AvgIpc) is 2.48. The second-order valence-corrected chi connectivity index (χ2v) is 6.47. The van der Waals surface area contributed by atoms with E-state index in [4.69, 9.17) is 4.74 Å². The molecule has 7 nitrogen and oxygen atoms in total. The van der Waals surface area contributed by atoms with Gasteiger partial charge in [-0.25, -0.2) is 4.68 Å². The number of nitrogens with one attached hydrogen (secondary N) is 1. The van der Waals surface area contributed by atoms with E-state index in [1.54, 1.807) is 18.2 Å². The van der Waals surface area contributed by atoms with Gasteiger partial charge < -0.3 is 15.2 Å². The summed E-state index contributed by atoms with van der Waals surface area (Å²) in [7, 11) is 1.47. The zero-order valence-corrected chi connectivity index (χ0v) is 14.0. The molecule has 2 N–H and O–H groups in total. The van der Waals surface area contributed by atoms with E-state index in [0.29, 0.717) is 23.6 Å². The Labute approximate surface area is 140 Å². The summed E-state index contributed by atoms with van der Waals surface area (Å²) in [4.78, 5) is 24.5. The number of aliphatic hydroxyl groups is 1. The van der Waals surface area contributed by atoms with Crippen molar-refractivity contribution in [1.82, 2.24) is 15.1 Å². The minimum absolute atomic E-state index is 0.0356. The molecule has 0 radical (unpaired) electrons. The first-order chi connectivity index (χ1) is 11.0. The third kappa shape index (κ3) is 3.23. The molecule has 0 aliphatic heterocycles. The van der Waals surface area contributed by atoms with Crippen molar-refractivity contribution in [3.8, 4) is 5.88 Å². The van der Waals surface area contributed by atoms with Crippen LogP contribution in [0, 0.1) is 0 Å². The fraction of sp³-hybridized carbons (Fsp3) is 0.400. The Morgan fingerprint density at radius 1 is 1.48 bits per heavy atom. The molecule has 2 aromatic rings. The summed E-state index contributed by atoms with van der Waals surface area (Å²) < 4.78 is 7.14. The maximum absolute atomic E-state index is 12.5. The molecule has 3 rings (SSSR count). The van der Waals surface area contributed by atoms with Crippen LogP contribution in [0.2, 0.25) is 0 Å². The van der Waals surface area contributed by atoms with Crippen LogP contribution in [0.25, 0.3) is 10.8 Å². The largest absolute Gasteiger partial charge is 0.480 e. The van der Waals surface area contributed by atoms with Crippen LogP contribution < -0.4 is 15.6 Å². The van der Waals surface area contributed by atoms with Gasteiger partial charge in [0.25, 0.3) is 5.56 Å². The SMILES string of the molecule is COc1nn(CC(=O)NC2CC(O)C2)c(=O)c2ccc(Br)cc12. The van der Waals surface area contributed by atoms with Crippen molar-refractivity contribution < 1.29 is 14.6 Å². The molecule has 122 valence electrons. The molecule has 0 bridgehead atoms. The summed E-state index contributed by atoms with van der Waals surface area (Å²) in [5, 5.41) is 17.1. The Kier molecular flexibility index (Phi) is 4.36. The smallest absolute Gasteiger partial charge is 0.275 e. The first kappa shape index (κ1) is 15.9. The number of carbonyl (C=O) groups excluding carboxylic acids is 1. The van der Waals surface area contributed by atoms with Crippen LogP contribution in [0.4, 0.5) is 0 Å². The summed E-state index contributed by atoms with van der Waals surface area (Å²) in [6.45, 7) is -0.187. The monoisotopic (exact) mass is 381 g/mol. The highest BCUT2D eigenvalue weighted by Crippen LogP contribution is 2.24. The van der Waals surface area contributed by atoms with Gasteiger partial charge in [-0.1, -0.05) is 15.9 Å². The summed E-state index contributed by atoms with van der Waals surface area (Å²) >= 11 is 3.35. The highest BCUT2D eigenvalue weighted by atomic mass is 79.9. The average molecular weight is 382 g/mol. The van der Waals surface area contributed by atoms with Crippen LogP contribution in [0.1, 0.15) is 12.8 Å². The van der Waals surface area contributed by atoms with Gasteiger partial charge in [-0.05, 0) is 31.0 Å². The van der Waals surface area contributed by atoms with E-state index in [0.717, 1.165) is 9.15 Å². The van der Waals surface area contributed by atoms with E-state index in [9.17, 15) is 14.7 Å². The second kappa shape index (κ2) is 6.29. The number of methoxy groups -OCH3 is 1. The number of hydrogen-bond donors (Lipinski definition) is 2. The number of aliphatic hydroxyl groups excluding tert-OH is 1. The maximum Gasteiger partial charge on any atom is 0.275 e. The lowest BCUT2D eigenvalue weighted by Gasteiger charge is -2.31. The Balaban J connectivity index is 1.88. The molecular weight excluding hydrogens is 366 g/mol. The number of aromatic nitrogens is 2. The number of ether oxygens (including phenoxy) is 1. The first-order valence-electron chi connectivity index (χ1n) is 7.19. The van der Waals surface area contributed by atoms with Gasteiger partial charge in [0.2, 0.25) is 11.8 Å². The molecule has 0 saturated heterocycles. The lowest BCUT2D eigenvalue weighted by atomic mass is 9.89. The third-order valence-electron chi connectivity index (χ3n) is 3.85. The number of rotatable bonds is 4. The highest BCUT2D eigenvalue weighted by molar-refractivity contribution is 9.10. The number of benzene rings is 1. The van der Waals surface area contributed by atoms with Gasteiger partial charge in [0.05, 0.1) is 24.0 Å². The number of carbonyl (C=O) groups is 1. The summed E-state index contributed by atoms with van der Waals surface area (Å²) in [6, 6.07) is 5.14. The third-order valence-corrected chi connectivity index (χ3v) is 4.35. The minimum atomic E-state index is -0.350. The van der Waals surface area contributed by atoms with Crippen molar-refractivity contribution in [2.45, 2.75) is 31.5 Å². The maximum atomic E-state index is 12.5. The Hall–Kier alpha value is -1.93. The zero-order valence-electron chi connectivity index (χ0n) is 12.5. The molecule has 1 amide bonds. The number of halogens is 1. The Bertz CT molecular complexity index is 814. The molecule has 0 atom stereocenters. The molecule has 1 aromatic heterocycles. The zero-order chi connectivity index (χ0) is 16.6. The van der Waals surface area contributed by atoms with Crippen molar-refractivity contribution in [1.29, 1.82) is 0 Å². The number of hydrogen-bond acceptors (Lipinski definition) is 5. The van der Waals surface area contributed by atoms with Crippen molar-refractivity contribution >= 4 is 32.6 Å². The quantitative estimate of drug-likeness (QED) is 0.816. The lowest BCUT2D eigenvalue weighted by molar-refractivity contribution is -0.123. The predicted octanol–water partition coefficient (Wildman–Crippen LogP) is 0.807. The van der Waals surface area contributed by atoms with Gasteiger partial charge in [0, 0.05) is 10.5 Å². The molecule has 0 spiro atoms. The molecule has 1 aromatic carbocycles. The van der Waals surface area contributed by atoms with Gasteiger partial charge in [-0.15, -0.1) is 5.10 Å². The number of nitrogens with zero attached hydrogens (tertiary/aromatic N) is 2. The van der Waals surface area contributed by atoms with Gasteiger partial charge in [-0.2, -0.15) is 0 Å². The molecule has 1 aliphatic carbocycles. The standard InChI is InChI=1S/C15H16BrN3O4/c1-23-14-12-4-8(16)2-3-11(12)15(22)19(18-14)7-13(21)17-9-5-10(20)6-9/h2-4,9-10,20H,5-7H2,1H3,(H,17,21). The predicted molar refractivity (Wildman–Crippen MR) is 87.4 cm³/mol. The van der Waals surface area contributed by atoms with E-state index in [1.165, 1.54) is 7.11 Å². The van der Waals surface area contributed by atoms with Crippen LogP contribution in [-0.2, 0) is 11.3 Å². The van der Waals surface area contributed by atoms with Crippen molar-refractivity contribution in [3.05, 3.63) is 33.0 Å². The van der Waals surface area contributed by atoms with E-state index in [2.05, 4.69) is 26.3 Å². The van der Waals surface area contributed by atoms with Gasteiger partial charge in [0.1, 0.15) is 6.54 Å². The fourth-order valence-corrected chi connectivity index (χ4v) is 2.96. The van der Waals surface area contributed by atoms with Crippen molar-refractivity contribution in [2.75, 3.05) is 7.11 Å². The topological polar surface area (TPSA) is 93.5 Å². The highest BCUT2D eigenvalue weighted by Gasteiger charge is 2.28. The van der Waals surface area contributed by atoms with Crippen LogP contribution in [0.3, 0.4) is 0 Å². The first-order valence-corrected chi connectivity index (χ1v) is 7.99. The summed E-state index contributed by atoms with van der Waals surface area (Å²) in [6.07, 6.45) is 0.743. The van der Waals surface area contributed by atoms with E-state index in [1.807, 2.05) is 0 Å². The number of amides is 1. The van der Waals surface area contributed by atoms with Crippen LogP contribution in [-0.4, -0.2) is 40.0 Å². The Morgan fingerprint density at radius 2 is 2.22 bits per heavy atom. The van der Waals surface area contributed by atoms with Gasteiger partial charge in [-0.3, -0.25) is 9.59 Å². The van der Waals surface area contributed by atoms with Crippen molar-refractivity contribution in [3.63, 3.8) is 0 Å². The lowest BCUT2D eigenvalue weighted by Crippen LogP contribution is -2.48.